The second kappa shape index (κ2) is 6.21. The van der Waals surface area contributed by atoms with E-state index in [2.05, 4.69) is 31.4 Å². The number of rotatable bonds is 6. The van der Waals surface area contributed by atoms with Gasteiger partial charge in [0.25, 0.3) is 0 Å². The van der Waals surface area contributed by atoms with Crippen molar-refractivity contribution in [1.82, 2.24) is 15.5 Å². The standard InChI is InChI=1S/C12H25N3O2/c1-12(2,3)10(4-9-16)13-5-7-15-8-6-14-11(15)17/h10,13,16H,4-9H2,1-3H3,(H,14,17). The predicted molar refractivity (Wildman–Crippen MR) is 67.9 cm³/mol. The summed E-state index contributed by atoms with van der Waals surface area (Å²) in [6, 6.07) is 0.305. The zero-order valence-corrected chi connectivity index (χ0v) is 11.1. The number of hydrogen-bond acceptors (Lipinski definition) is 3. The Bertz CT molecular complexity index is 251. The van der Waals surface area contributed by atoms with Crippen molar-refractivity contribution in [2.75, 3.05) is 32.8 Å². The summed E-state index contributed by atoms with van der Waals surface area (Å²) in [5, 5.41) is 15.2. The summed E-state index contributed by atoms with van der Waals surface area (Å²) in [5.74, 6) is 0. The molecule has 0 saturated carbocycles. The number of hydrogen-bond donors (Lipinski definition) is 3. The molecule has 1 aliphatic heterocycles. The quantitative estimate of drug-likeness (QED) is 0.632. The fraction of sp³-hybridized carbons (Fsp3) is 0.917. The first kappa shape index (κ1) is 14.3. The third-order valence-corrected chi connectivity index (χ3v) is 3.18. The van der Waals surface area contributed by atoms with Gasteiger partial charge in [0.15, 0.2) is 0 Å². The summed E-state index contributed by atoms with van der Waals surface area (Å²) in [6.45, 7) is 9.70. The van der Waals surface area contributed by atoms with Crippen molar-refractivity contribution in [3.05, 3.63) is 0 Å². The van der Waals surface area contributed by atoms with Crippen molar-refractivity contribution in [1.29, 1.82) is 0 Å². The topological polar surface area (TPSA) is 64.6 Å². The van der Waals surface area contributed by atoms with Gasteiger partial charge in [-0.15, -0.1) is 0 Å². The lowest BCUT2D eigenvalue weighted by Crippen LogP contribution is -2.44. The third-order valence-electron chi connectivity index (χ3n) is 3.18. The van der Waals surface area contributed by atoms with E-state index in [4.69, 9.17) is 5.11 Å². The number of urea groups is 1. The third kappa shape index (κ3) is 4.52. The summed E-state index contributed by atoms with van der Waals surface area (Å²) < 4.78 is 0. The number of carbonyl (C=O) groups excluding carboxylic acids is 1. The molecule has 3 N–H and O–H groups in total. The summed E-state index contributed by atoms with van der Waals surface area (Å²) in [4.78, 5) is 13.1. The molecule has 0 aromatic carbocycles. The molecule has 17 heavy (non-hydrogen) atoms. The van der Waals surface area contributed by atoms with Gasteiger partial charge in [0.1, 0.15) is 0 Å². The lowest BCUT2D eigenvalue weighted by molar-refractivity contribution is 0.190. The van der Waals surface area contributed by atoms with Gasteiger partial charge in [0.2, 0.25) is 0 Å². The van der Waals surface area contributed by atoms with E-state index in [1.54, 1.807) is 0 Å². The predicted octanol–water partition coefficient (Wildman–Crippen LogP) is 0.398. The van der Waals surface area contributed by atoms with Gasteiger partial charge < -0.3 is 20.6 Å². The highest BCUT2D eigenvalue weighted by Gasteiger charge is 2.24. The number of aliphatic hydroxyl groups is 1. The maximum atomic E-state index is 11.3. The van der Waals surface area contributed by atoms with Gasteiger partial charge in [-0.2, -0.15) is 0 Å². The molecule has 0 aliphatic carbocycles. The zero-order valence-electron chi connectivity index (χ0n) is 11.1. The van der Waals surface area contributed by atoms with Crippen LogP contribution in [0.5, 0.6) is 0 Å². The highest BCUT2D eigenvalue weighted by molar-refractivity contribution is 5.76. The molecule has 1 heterocycles. The molecule has 1 atom stereocenters. The van der Waals surface area contributed by atoms with Gasteiger partial charge in [-0.3, -0.25) is 0 Å². The molecule has 1 rings (SSSR count). The highest BCUT2D eigenvalue weighted by atomic mass is 16.3. The average molecular weight is 243 g/mol. The van der Waals surface area contributed by atoms with Crippen molar-refractivity contribution in [2.45, 2.75) is 33.2 Å². The lowest BCUT2D eigenvalue weighted by atomic mass is 9.85. The van der Waals surface area contributed by atoms with Gasteiger partial charge in [-0.1, -0.05) is 20.8 Å². The maximum absolute atomic E-state index is 11.3. The van der Waals surface area contributed by atoms with Gasteiger partial charge in [-0.05, 0) is 11.8 Å². The lowest BCUT2D eigenvalue weighted by Gasteiger charge is -2.31. The zero-order chi connectivity index (χ0) is 12.9. The number of nitrogens with one attached hydrogen (secondary N) is 2. The Morgan fingerprint density at radius 3 is 2.71 bits per heavy atom. The van der Waals surface area contributed by atoms with Crippen LogP contribution in [0.15, 0.2) is 0 Å². The van der Waals surface area contributed by atoms with Crippen molar-refractivity contribution in [3.63, 3.8) is 0 Å². The molecule has 1 fully saturated rings. The fourth-order valence-electron chi connectivity index (χ4n) is 2.07. The molecule has 0 aromatic rings. The summed E-state index contributed by atoms with van der Waals surface area (Å²) in [6.07, 6.45) is 0.746. The molecule has 5 heteroatoms. The number of nitrogens with zero attached hydrogens (tertiary/aromatic N) is 1. The monoisotopic (exact) mass is 243 g/mol. The summed E-state index contributed by atoms with van der Waals surface area (Å²) in [5.41, 5.74) is 0.121. The van der Waals surface area contributed by atoms with E-state index in [0.717, 1.165) is 32.6 Å². The Labute approximate surface area is 104 Å². The van der Waals surface area contributed by atoms with Crippen molar-refractivity contribution in [2.24, 2.45) is 5.41 Å². The second-order valence-electron chi connectivity index (χ2n) is 5.60. The molecule has 2 amide bonds. The minimum absolute atomic E-state index is 0.0290. The SMILES string of the molecule is CC(C)(C)C(CCO)NCCN1CCNC1=O. The van der Waals surface area contributed by atoms with Crippen molar-refractivity contribution >= 4 is 6.03 Å². The van der Waals surface area contributed by atoms with E-state index in [-0.39, 0.29) is 24.1 Å². The van der Waals surface area contributed by atoms with Crippen LogP contribution in [0.4, 0.5) is 4.79 Å². The van der Waals surface area contributed by atoms with Crippen LogP contribution >= 0.6 is 0 Å². The van der Waals surface area contributed by atoms with Gasteiger partial charge in [0, 0.05) is 38.8 Å². The molecule has 1 aliphatic rings. The van der Waals surface area contributed by atoms with Crippen LogP contribution in [0.2, 0.25) is 0 Å². The van der Waals surface area contributed by atoms with Crippen LogP contribution in [0.3, 0.4) is 0 Å². The second-order valence-corrected chi connectivity index (χ2v) is 5.60. The molecule has 1 saturated heterocycles. The average Bonchev–Trinajstić information content (AvgIpc) is 2.62. The first-order valence-electron chi connectivity index (χ1n) is 6.32. The van der Waals surface area contributed by atoms with E-state index < -0.39 is 0 Å². The Kier molecular flexibility index (Phi) is 5.21. The van der Waals surface area contributed by atoms with Crippen LogP contribution in [0, 0.1) is 5.41 Å². The van der Waals surface area contributed by atoms with Crippen LogP contribution in [0.25, 0.3) is 0 Å². The summed E-state index contributed by atoms with van der Waals surface area (Å²) >= 11 is 0. The minimum Gasteiger partial charge on any atom is -0.396 e. The largest absolute Gasteiger partial charge is 0.396 e. The number of aliphatic hydroxyl groups excluding tert-OH is 1. The van der Waals surface area contributed by atoms with Gasteiger partial charge in [-0.25, -0.2) is 4.79 Å². The van der Waals surface area contributed by atoms with Gasteiger partial charge in [0.05, 0.1) is 0 Å². The van der Waals surface area contributed by atoms with E-state index in [1.807, 2.05) is 4.90 Å². The molecule has 1 unspecified atom stereocenters. The van der Waals surface area contributed by atoms with Crippen molar-refractivity contribution in [3.8, 4) is 0 Å². The normalized spacial score (nSPS) is 18.4. The molecule has 5 nitrogen and oxygen atoms in total. The van der Waals surface area contributed by atoms with Crippen LogP contribution in [-0.2, 0) is 0 Å². The van der Waals surface area contributed by atoms with Crippen molar-refractivity contribution < 1.29 is 9.90 Å². The van der Waals surface area contributed by atoms with E-state index in [9.17, 15) is 4.79 Å². The molecule has 0 spiro atoms. The van der Waals surface area contributed by atoms with Gasteiger partial charge >= 0.3 is 6.03 Å². The molecule has 0 bridgehead atoms. The molecular weight excluding hydrogens is 218 g/mol. The first-order valence-corrected chi connectivity index (χ1v) is 6.32. The molecular formula is C12H25N3O2. The Morgan fingerprint density at radius 2 is 2.24 bits per heavy atom. The van der Waals surface area contributed by atoms with E-state index >= 15 is 0 Å². The maximum Gasteiger partial charge on any atom is 0.317 e. The Morgan fingerprint density at radius 1 is 1.53 bits per heavy atom. The molecule has 100 valence electrons. The molecule has 0 aromatic heterocycles. The smallest absolute Gasteiger partial charge is 0.317 e. The minimum atomic E-state index is 0.0290. The van der Waals surface area contributed by atoms with E-state index in [1.165, 1.54) is 0 Å². The van der Waals surface area contributed by atoms with Crippen LogP contribution in [-0.4, -0.2) is 54.9 Å². The first-order chi connectivity index (χ1) is 7.95. The van der Waals surface area contributed by atoms with E-state index in [0.29, 0.717) is 0 Å². The highest BCUT2D eigenvalue weighted by Crippen LogP contribution is 2.21. The Hall–Kier alpha value is -0.810. The summed E-state index contributed by atoms with van der Waals surface area (Å²) in [7, 11) is 0. The van der Waals surface area contributed by atoms with Crippen LogP contribution < -0.4 is 10.6 Å². The Balaban J connectivity index is 2.29. The fourth-order valence-corrected chi connectivity index (χ4v) is 2.07. The molecule has 0 radical (unpaired) electrons. The van der Waals surface area contributed by atoms with Crippen LogP contribution in [0.1, 0.15) is 27.2 Å². The number of amides is 2. The number of carbonyl (C=O) groups is 1.